The molecule has 1 aromatic carbocycles. The van der Waals surface area contributed by atoms with Crippen molar-refractivity contribution in [2.75, 3.05) is 6.54 Å². The van der Waals surface area contributed by atoms with Gasteiger partial charge in [-0.2, -0.15) is 8.78 Å². The molecular formula is C9H6BrF2NO. The molecule has 0 saturated heterocycles. The van der Waals surface area contributed by atoms with Crippen LogP contribution in [-0.4, -0.2) is 12.5 Å². The van der Waals surface area contributed by atoms with Crippen LogP contribution in [0.5, 0.6) is 0 Å². The standard InChI is InChI=1S/C9H6BrF2NO/c10-5-1-2-6-7(3-5)9(11,12)4-13-8(6)14/h1-3H,4H2,(H,13,14). The van der Waals surface area contributed by atoms with Gasteiger partial charge in [0.25, 0.3) is 11.8 Å². The van der Waals surface area contributed by atoms with E-state index < -0.39 is 18.4 Å². The van der Waals surface area contributed by atoms with Crippen molar-refractivity contribution in [3.63, 3.8) is 0 Å². The zero-order chi connectivity index (χ0) is 10.3. The molecule has 0 radical (unpaired) electrons. The van der Waals surface area contributed by atoms with E-state index in [0.717, 1.165) is 0 Å². The minimum Gasteiger partial charge on any atom is -0.346 e. The molecule has 2 rings (SSSR count). The number of carbonyl (C=O) groups excluding carboxylic acids is 1. The van der Waals surface area contributed by atoms with Crippen molar-refractivity contribution >= 4 is 21.8 Å². The Morgan fingerprint density at radius 3 is 2.86 bits per heavy atom. The monoisotopic (exact) mass is 261 g/mol. The number of fused-ring (bicyclic) bond motifs is 1. The van der Waals surface area contributed by atoms with Crippen LogP contribution in [0.15, 0.2) is 22.7 Å². The maximum Gasteiger partial charge on any atom is 0.290 e. The Balaban J connectivity index is 2.64. The molecule has 5 heteroatoms. The largest absolute Gasteiger partial charge is 0.346 e. The van der Waals surface area contributed by atoms with Gasteiger partial charge in [0.2, 0.25) is 0 Å². The first-order chi connectivity index (χ1) is 6.50. The third-order valence-corrected chi connectivity index (χ3v) is 2.58. The zero-order valence-electron chi connectivity index (χ0n) is 6.98. The Hall–Kier alpha value is -0.970. The van der Waals surface area contributed by atoms with Crippen LogP contribution < -0.4 is 5.32 Å². The molecule has 0 atom stereocenters. The van der Waals surface area contributed by atoms with Crippen molar-refractivity contribution in [2.24, 2.45) is 0 Å². The summed E-state index contributed by atoms with van der Waals surface area (Å²) in [5, 5.41) is 2.14. The van der Waals surface area contributed by atoms with E-state index in [4.69, 9.17) is 0 Å². The molecule has 1 aromatic rings. The molecule has 14 heavy (non-hydrogen) atoms. The van der Waals surface area contributed by atoms with Crippen LogP contribution in [0.25, 0.3) is 0 Å². The minimum absolute atomic E-state index is 0.0458. The van der Waals surface area contributed by atoms with Gasteiger partial charge in [-0.05, 0) is 18.2 Å². The first-order valence-electron chi connectivity index (χ1n) is 3.97. The first-order valence-corrected chi connectivity index (χ1v) is 4.76. The zero-order valence-corrected chi connectivity index (χ0v) is 8.57. The van der Waals surface area contributed by atoms with E-state index in [0.29, 0.717) is 4.47 Å². The molecule has 1 heterocycles. The summed E-state index contributed by atoms with van der Waals surface area (Å²) in [6.07, 6.45) is 0. The molecule has 2 nitrogen and oxygen atoms in total. The molecule has 0 saturated carbocycles. The maximum atomic E-state index is 13.3. The van der Waals surface area contributed by atoms with Crippen LogP contribution >= 0.6 is 15.9 Å². The van der Waals surface area contributed by atoms with Crippen LogP contribution in [0.1, 0.15) is 15.9 Å². The lowest BCUT2D eigenvalue weighted by atomic mass is 9.97. The van der Waals surface area contributed by atoms with Crippen LogP contribution in [0, 0.1) is 0 Å². The third-order valence-electron chi connectivity index (χ3n) is 2.09. The Bertz CT molecular complexity index is 406. The molecule has 0 aliphatic carbocycles. The molecule has 1 amide bonds. The number of amides is 1. The van der Waals surface area contributed by atoms with E-state index in [9.17, 15) is 13.6 Å². The highest BCUT2D eigenvalue weighted by Crippen LogP contribution is 2.34. The average molecular weight is 262 g/mol. The summed E-state index contributed by atoms with van der Waals surface area (Å²) >= 11 is 3.10. The van der Waals surface area contributed by atoms with E-state index >= 15 is 0 Å². The first kappa shape index (κ1) is 9.58. The summed E-state index contributed by atoms with van der Waals surface area (Å²) in [4.78, 5) is 11.2. The van der Waals surface area contributed by atoms with Gasteiger partial charge in [-0.25, -0.2) is 0 Å². The normalized spacial score (nSPS) is 18.6. The molecule has 1 aliphatic rings. The minimum atomic E-state index is -2.98. The molecule has 1 aliphatic heterocycles. The summed E-state index contributed by atoms with van der Waals surface area (Å²) in [7, 11) is 0. The number of rotatable bonds is 0. The van der Waals surface area contributed by atoms with Gasteiger partial charge in [-0.1, -0.05) is 15.9 Å². The maximum absolute atomic E-state index is 13.3. The number of carbonyl (C=O) groups is 1. The van der Waals surface area contributed by atoms with Gasteiger partial charge in [-0.15, -0.1) is 0 Å². The number of hydrogen-bond donors (Lipinski definition) is 1. The lowest BCUT2D eigenvalue weighted by Crippen LogP contribution is -2.41. The summed E-state index contributed by atoms with van der Waals surface area (Å²) in [5.74, 6) is -3.43. The lowest BCUT2D eigenvalue weighted by molar-refractivity contribution is -0.00843. The fourth-order valence-electron chi connectivity index (χ4n) is 1.40. The SMILES string of the molecule is O=C1NCC(F)(F)c2cc(Br)ccc21. The molecule has 0 bridgehead atoms. The van der Waals surface area contributed by atoms with Gasteiger partial charge in [0, 0.05) is 15.6 Å². The van der Waals surface area contributed by atoms with Gasteiger partial charge in [0.05, 0.1) is 6.54 Å². The number of benzene rings is 1. The second-order valence-corrected chi connectivity index (χ2v) is 3.99. The van der Waals surface area contributed by atoms with E-state index in [1.54, 1.807) is 6.07 Å². The fourth-order valence-corrected chi connectivity index (χ4v) is 1.76. The van der Waals surface area contributed by atoms with Gasteiger partial charge in [-0.3, -0.25) is 4.79 Å². The van der Waals surface area contributed by atoms with Crippen LogP contribution in [0.2, 0.25) is 0 Å². The highest BCUT2D eigenvalue weighted by Gasteiger charge is 2.39. The summed E-state index contributed by atoms with van der Waals surface area (Å²) in [5.41, 5.74) is -0.167. The molecule has 0 unspecified atom stereocenters. The number of hydrogen-bond acceptors (Lipinski definition) is 1. The quantitative estimate of drug-likeness (QED) is 0.763. The van der Waals surface area contributed by atoms with E-state index in [-0.39, 0.29) is 11.1 Å². The van der Waals surface area contributed by atoms with E-state index in [2.05, 4.69) is 21.2 Å². The molecule has 74 valence electrons. The number of alkyl halides is 2. The predicted octanol–water partition coefficient (Wildman–Crippen LogP) is 2.28. The van der Waals surface area contributed by atoms with Crippen molar-refractivity contribution in [2.45, 2.75) is 5.92 Å². The van der Waals surface area contributed by atoms with Crippen molar-refractivity contribution in [3.8, 4) is 0 Å². The van der Waals surface area contributed by atoms with E-state index in [1.807, 2.05) is 0 Å². The fraction of sp³-hybridized carbons (Fsp3) is 0.222. The lowest BCUT2D eigenvalue weighted by Gasteiger charge is -2.25. The summed E-state index contributed by atoms with van der Waals surface area (Å²) < 4.78 is 27.2. The average Bonchev–Trinajstić information content (AvgIpc) is 2.12. The molecular weight excluding hydrogens is 256 g/mol. The third kappa shape index (κ3) is 1.41. The van der Waals surface area contributed by atoms with Crippen molar-refractivity contribution < 1.29 is 13.6 Å². The van der Waals surface area contributed by atoms with Crippen LogP contribution in [0.3, 0.4) is 0 Å². The van der Waals surface area contributed by atoms with Crippen LogP contribution in [-0.2, 0) is 5.92 Å². The Labute approximate surface area is 87.4 Å². The van der Waals surface area contributed by atoms with Gasteiger partial charge in [0.1, 0.15) is 0 Å². The number of nitrogens with one attached hydrogen (secondary N) is 1. The molecule has 0 aromatic heterocycles. The highest BCUT2D eigenvalue weighted by molar-refractivity contribution is 9.10. The van der Waals surface area contributed by atoms with Gasteiger partial charge < -0.3 is 5.32 Å². The van der Waals surface area contributed by atoms with Gasteiger partial charge in [0.15, 0.2) is 0 Å². The predicted molar refractivity (Wildman–Crippen MR) is 50.4 cm³/mol. The topological polar surface area (TPSA) is 29.1 Å². The second-order valence-electron chi connectivity index (χ2n) is 3.08. The number of halogens is 3. The summed E-state index contributed by atoms with van der Waals surface area (Å²) in [6, 6.07) is 4.25. The second kappa shape index (κ2) is 3.02. The van der Waals surface area contributed by atoms with Crippen molar-refractivity contribution in [3.05, 3.63) is 33.8 Å². The highest BCUT2D eigenvalue weighted by atomic mass is 79.9. The molecule has 0 spiro atoms. The van der Waals surface area contributed by atoms with Crippen molar-refractivity contribution in [1.82, 2.24) is 5.32 Å². The summed E-state index contributed by atoms with van der Waals surface area (Å²) in [6.45, 7) is -0.630. The van der Waals surface area contributed by atoms with Crippen LogP contribution in [0.4, 0.5) is 8.78 Å². The molecule has 1 N–H and O–H groups in total. The molecule has 0 fully saturated rings. The Morgan fingerprint density at radius 2 is 2.14 bits per heavy atom. The van der Waals surface area contributed by atoms with Crippen molar-refractivity contribution in [1.29, 1.82) is 0 Å². The van der Waals surface area contributed by atoms with Gasteiger partial charge >= 0.3 is 0 Å². The Morgan fingerprint density at radius 1 is 1.43 bits per heavy atom. The van der Waals surface area contributed by atoms with E-state index in [1.165, 1.54) is 12.1 Å². The Kier molecular flexibility index (Phi) is 2.06. The smallest absolute Gasteiger partial charge is 0.290 e.